The summed E-state index contributed by atoms with van der Waals surface area (Å²) in [6.07, 6.45) is 4.74. The van der Waals surface area contributed by atoms with Gasteiger partial charge < -0.3 is 5.11 Å². The van der Waals surface area contributed by atoms with Crippen LogP contribution in [0.4, 0.5) is 0 Å². The second-order valence-electron chi connectivity index (χ2n) is 2.86. The highest BCUT2D eigenvalue weighted by Crippen LogP contribution is 2.13. The van der Waals surface area contributed by atoms with E-state index in [1.54, 1.807) is 36.8 Å². The maximum atomic E-state index is 9.45. The fourth-order valence-corrected chi connectivity index (χ4v) is 1.07. The average molecular weight is 233 g/mol. The van der Waals surface area contributed by atoms with Crippen molar-refractivity contribution in [1.29, 1.82) is 0 Å². The van der Waals surface area contributed by atoms with Crippen molar-refractivity contribution in [3.8, 4) is 17.6 Å². The average Bonchev–Trinajstić information content (AvgIpc) is 2.29. The Balaban J connectivity index is 0.00000128. The van der Waals surface area contributed by atoms with Gasteiger partial charge in [0.25, 0.3) is 0 Å². The number of hydrogen-bond donors (Lipinski definition) is 1. The molecule has 3 nitrogen and oxygen atoms in total. The minimum absolute atomic E-state index is 0. The van der Waals surface area contributed by atoms with Crippen LogP contribution in [-0.2, 0) is 0 Å². The fraction of sp³-hybridized carbons (Fsp3) is 0. The monoisotopic (exact) mass is 232 g/mol. The first-order valence-corrected chi connectivity index (χ1v) is 4.42. The van der Waals surface area contributed by atoms with E-state index in [9.17, 15) is 5.11 Å². The molecular formula is C12H9ClN2O. The van der Waals surface area contributed by atoms with Crippen LogP contribution in [0, 0.1) is 11.8 Å². The smallest absolute Gasteiger partial charge is 0.131 e. The Morgan fingerprint density at radius 3 is 2.56 bits per heavy atom. The zero-order chi connectivity index (χ0) is 10.5. The number of nitrogens with zero attached hydrogens (tertiary/aromatic N) is 2. The first kappa shape index (κ1) is 12.0. The van der Waals surface area contributed by atoms with Crippen LogP contribution in [0.25, 0.3) is 0 Å². The van der Waals surface area contributed by atoms with Crippen LogP contribution < -0.4 is 0 Å². The summed E-state index contributed by atoms with van der Waals surface area (Å²) in [6.45, 7) is 0. The summed E-state index contributed by atoms with van der Waals surface area (Å²) in [7, 11) is 0. The number of halogens is 1. The van der Waals surface area contributed by atoms with E-state index in [0.29, 0.717) is 11.3 Å². The van der Waals surface area contributed by atoms with E-state index in [1.807, 2.05) is 6.07 Å². The Labute approximate surface area is 99.6 Å². The molecule has 2 rings (SSSR count). The molecule has 2 aromatic rings. The van der Waals surface area contributed by atoms with E-state index in [4.69, 9.17) is 0 Å². The van der Waals surface area contributed by atoms with Crippen molar-refractivity contribution in [3.05, 3.63) is 54.1 Å². The molecule has 1 aromatic carbocycles. The van der Waals surface area contributed by atoms with Crippen molar-refractivity contribution < 1.29 is 5.11 Å². The Morgan fingerprint density at radius 2 is 1.88 bits per heavy atom. The Bertz CT molecular complexity index is 517. The van der Waals surface area contributed by atoms with Crippen LogP contribution in [0.5, 0.6) is 5.75 Å². The number of para-hydroxylation sites is 1. The van der Waals surface area contributed by atoms with Crippen LogP contribution >= 0.6 is 12.4 Å². The van der Waals surface area contributed by atoms with Gasteiger partial charge in [-0.25, -0.2) is 4.98 Å². The van der Waals surface area contributed by atoms with E-state index >= 15 is 0 Å². The summed E-state index contributed by atoms with van der Waals surface area (Å²) in [4.78, 5) is 7.90. The van der Waals surface area contributed by atoms with E-state index in [2.05, 4.69) is 21.8 Å². The summed E-state index contributed by atoms with van der Waals surface area (Å²) >= 11 is 0. The molecule has 0 aliphatic heterocycles. The highest BCUT2D eigenvalue weighted by atomic mass is 35.5. The molecule has 0 bridgehead atoms. The number of rotatable bonds is 0. The molecule has 16 heavy (non-hydrogen) atoms. The predicted molar refractivity (Wildman–Crippen MR) is 63.4 cm³/mol. The zero-order valence-corrected chi connectivity index (χ0v) is 9.11. The van der Waals surface area contributed by atoms with Gasteiger partial charge in [0.2, 0.25) is 0 Å². The number of phenols is 1. The van der Waals surface area contributed by atoms with Crippen LogP contribution in [0.3, 0.4) is 0 Å². The molecule has 0 spiro atoms. The second kappa shape index (κ2) is 5.74. The van der Waals surface area contributed by atoms with Crippen molar-refractivity contribution in [1.82, 2.24) is 9.97 Å². The Morgan fingerprint density at radius 1 is 1.06 bits per heavy atom. The summed E-state index contributed by atoms with van der Waals surface area (Å²) < 4.78 is 0. The molecule has 0 radical (unpaired) electrons. The number of benzene rings is 1. The van der Waals surface area contributed by atoms with Crippen molar-refractivity contribution in [3.63, 3.8) is 0 Å². The first-order valence-electron chi connectivity index (χ1n) is 4.42. The lowest BCUT2D eigenvalue weighted by Gasteiger charge is -1.93. The fourth-order valence-electron chi connectivity index (χ4n) is 1.07. The SMILES string of the molecule is Cl.Oc1ccccc1C#Cc1cnccn1. The van der Waals surface area contributed by atoms with Gasteiger partial charge in [-0.3, -0.25) is 4.98 Å². The highest BCUT2D eigenvalue weighted by Gasteiger charge is 1.93. The molecule has 80 valence electrons. The van der Waals surface area contributed by atoms with Gasteiger partial charge in [0, 0.05) is 12.4 Å². The third-order valence-corrected chi connectivity index (χ3v) is 1.79. The minimum Gasteiger partial charge on any atom is -0.507 e. The van der Waals surface area contributed by atoms with E-state index < -0.39 is 0 Å². The van der Waals surface area contributed by atoms with Crippen LogP contribution in [0.1, 0.15) is 11.3 Å². The minimum atomic E-state index is 0. The van der Waals surface area contributed by atoms with E-state index in [-0.39, 0.29) is 18.2 Å². The molecule has 0 amide bonds. The van der Waals surface area contributed by atoms with Gasteiger partial charge >= 0.3 is 0 Å². The number of aromatic hydroxyl groups is 1. The van der Waals surface area contributed by atoms with Crippen molar-refractivity contribution in [2.45, 2.75) is 0 Å². The molecule has 0 saturated carbocycles. The third kappa shape index (κ3) is 2.97. The molecule has 1 N–H and O–H groups in total. The molecule has 0 fully saturated rings. The van der Waals surface area contributed by atoms with Crippen LogP contribution in [0.15, 0.2) is 42.9 Å². The molecule has 4 heteroatoms. The van der Waals surface area contributed by atoms with Gasteiger partial charge in [-0.2, -0.15) is 0 Å². The lowest BCUT2D eigenvalue weighted by Crippen LogP contribution is -1.82. The number of phenolic OH excluding ortho intramolecular Hbond substituents is 1. The van der Waals surface area contributed by atoms with Crippen molar-refractivity contribution >= 4 is 12.4 Å². The first-order chi connectivity index (χ1) is 7.36. The maximum Gasteiger partial charge on any atom is 0.131 e. The second-order valence-corrected chi connectivity index (χ2v) is 2.86. The van der Waals surface area contributed by atoms with Crippen molar-refractivity contribution in [2.75, 3.05) is 0 Å². The third-order valence-electron chi connectivity index (χ3n) is 1.79. The van der Waals surface area contributed by atoms with Gasteiger partial charge in [0.15, 0.2) is 0 Å². The largest absolute Gasteiger partial charge is 0.507 e. The number of aromatic nitrogens is 2. The molecule has 1 heterocycles. The summed E-state index contributed by atoms with van der Waals surface area (Å²) in [5, 5.41) is 9.45. The molecule has 0 atom stereocenters. The Kier molecular flexibility index (Phi) is 4.31. The van der Waals surface area contributed by atoms with Gasteiger partial charge in [-0.15, -0.1) is 12.4 Å². The van der Waals surface area contributed by atoms with Crippen molar-refractivity contribution in [2.24, 2.45) is 0 Å². The summed E-state index contributed by atoms with van der Waals surface area (Å²) in [6, 6.07) is 6.92. The zero-order valence-electron chi connectivity index (χ0n) is 8.29. The molecule has 0 aliphatic carbocycles. The van der Waals surface area contributed by atoms with Gasteiger partial charge in [-0.05, 0) is 18.1 Å². The number of hydrogen-bond acceptors (Lipinski definition) is 3. The van der Waals surface area contributed by atoms with Crippen LogP contribution in [0.2, 0.25) is 0 Å². The van der Waals surface area contributed by atoms with E-state index in [0.717, 1.165) is 0 Å². The standard InChI is InChI=1S/C12H8N2O.ClH/c15-12-4-2-1-3-10(12)5-6-11-9-13-7-8-14-11;/h1-4,7-9,15H;1H. The van der Waals surface area contributed by atoms with E-state index in [1.165, 1.54) is 0 Å². The van der Waals surface area contributed by atoms with Gasteiger partial charge in [0.05, 0.1) is 11.8 Å². The normalized spacial score (nSPS) is 8.50. The van der Waals surface area contributed by atoms with Gasteiger partial charge in [-0.1, -0.05) is 18.1 Å². The molecule has 1 aromatic heterocycles. The molecule has 0 aliphatic rings. The lowest BCUT2D eigenvalue weighted by molar-refractivity contribution is 0.473. The summed E-state index contributed by atoms with van der Waals surface area (Å²) in [5.41, 5.74) is 1.17. The molecular weight excluding hydrogens is 224 g/mol. The topological polar surface area (TPSA) is 46.0 Å². The Hall–Kier alpha value is -2.05. The molecule has 0 saturated heterocycles. The van der Waals surface area contributed by atoms with Gasteiger partial charge in [0.1, 0.15) is 11.4 Å². The summed E-state index contributed by atoms with van der Waals surface area (Å²) in [5.74, 6) is 5.82. The molecule has 0 unspecified atom stereocenters. The van der Waals surface area contributed by atoms with Crippen LogP contribution in [-0.4, -0.2) is 15.1 Å². The predicted octanol–water partition coefficient (Wildman–Crippen LogP) is 2.00. The maximum absolute atomic E-state index is 9.45. The highest BCUT2D eigenvalue weighted by molar-refractivity contribution is 5.85. The lowest BCUT2D eigenvalue weighted by atomic mass is 10.2. The quantitative estimate of drug-likeness (QED) is 0.707.